The van der Waals surface area contributed by atoms with Crippen molar-refractivity contribution in [3.05, 3.63) is 71.1 Å². The lowest BCUT2D eigenvalue weighted by molar-refractivity contribution is 0.0784. The third-order valence-electron chi connectivity index (χ3n) is 4.69. The number of hydrogen-bond donors (Lipinski definition) is 1. The minimum Gasteiger partial charge on any atom is -0.495 e. The molecular formula is C21H23N3O5S. The van der Waals surface area contributed by atoms with Crippen LogP contribution in [0.3, 0.4) is 0 Å². The average Bonchev–Trinajstić information content (AvgIpc) is 3.05. The first kappa shape index (κ1) is 21.4. The Hall–Kier alpha value is -3.33. The lowest BCUT2D eigenvalue weighted by Crippen LogP contribution is -2.26. The number of benzene rings is 2. The Morgan fingerprint density at radius 1 is 1.13 bits per heavy atom. The molecule has 0 saturated heterocycles. The van der Waals surface area contributed by atoms with Gasteiger partial charge in [0.1, 0.15) is 11.5 Å². The van der Waals surface area contributed by atoms with E-state index in [0.717, 1.165) is 11.3 Å². The summed E-state index contributed by atoms with van der Waals surface area (Å²) in [5.41, 5.74) is 2.29. The number of anilines is 1. The molecule has 2 aromatic carbocycles. The minimum atomic E-state index is -3.84. The molecule has 0 unspecified atom stereocenters. The van der Waals surface area contributed by atoms with E-state index in [0.29, 0.717) is 29.3 Å². The number of carbonyl (C=O) groups excluding carboxylic acids is 1. The molecule has 30 heavy (non-hydrogen) atoms. The van der Waals surface area contributed by atoms with E-state index >= 15 is 0 Å². The van der Waals surface area contributed by atoms with E-state index in [9.17, 15) is 13.2 Å². The summed E-state index contributed by atoms with van der Waals surface area (Å²) in [4.78, 5) is 14.3. The Labute approximate surface area is 175 Å². The van der Waals surface area contributed by atoms with Crippen LogP contribution in [0.15, 0.2) is 57.9 Å². The van der Waals surface area contributed by atoms with Crippen LogP contribution in [-0.2, 0) is 16.6 Å². The van der Waals surface area contributed by atoms with Crippen molar-refractivity contribution in [3.63, 3.8) is 0 Å². The van der Waals surface area contributed by atoms with E-state index in [4.69, 9.17) is 9.26 Å². The number of amides is 1. The van der Waals surface area contributed by atoms with Gasteiger partial charge in [-0.25, -0.2) is 8.42 Å². The number of nitrogens with zero attached hydrogens (tertiary/aromatic N) is 2. The number of aromatic nitrogens is 1. The highest BCUT2D eigenvalue weighted by atomic mass is 32.2. The van der Waals surface area contributed by atoms with Crippen LogP contribution in [0.1, 0.15) is 27.4 Å². The maximum absolute atomic E-state index is 12.7. The van der Waals surface area contributed by atoms with Gasteiger partial charge in [-0.2, -0.15) is 0 Å². The fourth-order valence-electron chi connectivity index (χ4n) is 2.97. The maximum atomic E-state index is 12.7. The van der Waals surface area contributed by atoms with Crippen LogP contribution < -0.4 is 9.46 Å². The molecule has 3 rings (SSSR count). The molecule has 9 heteroatoms. The smallest absolute Gasteiger partial charge is 0.262 e. The van der Waals surface area contributed by atoms with Crippen molar-refractivity contribution in [3.8, 4) is 5.75 Å². The Bertz CT molecular complexity index is 1130. The van der Waals surface area contributed by atoms with Crippen LogP contribution in [-0.4, -0.2) is 38.5 Å². The van der Waals surface area contributed by atoms with Gasteiger partial charge in [-0.15, -0.1) is 0 Å². The van der Waals surface area contributed by atoms with Gasteiger partial charge in [-0.05, 0) is 50.2 Å². The van der Waals surface area contributed by atoms with Crippen LogP contribution in [0.5, 0.6) is 5.75 Å². The van der Waals surface area contributed by atoms with Gasteiger partial charge in [0.15, 0.2) is 0 Å². The number of ether oxygens (including phenoxy) is 1. The summed E-state index contributed by atoms with van der Waals surface area (Å²) in [5.74, 6) is 0.835. The molecule has 0 fully saturated rings. The van der Waals surface area contributed by atoms with Gasteiger partial charge in [0.25, 0.3) is 15.9 Å². The second-order valence-electron chi connectivity index (χ2n) is 6.79. The van der Waals surface area contributed by atoms with Crippen molar-refractivity contribution in [2.24, 2.45) is 0 Å². The number of methoxy groups -OCH3 is 1. The molecule has 0 bridgehead atoms. The zero-order chi connectivity index (χ0) is 21.9. The van der Waals surface area contributed by atoms with Crippen LogP contribution in [0.2, 0.25) is 0 Å². The predicted molar refractivity (Wildman–Crippen MR) is 112 cm³/mol. The molecular weight excluding hydrogens is 406 g/mol. The third-order valence-corrected chi connectivity index (χ3v) is 6.07. The summed E-state index contributed by atoms with van der Waals surface area (Å²) >= 11 is 0. The zero-order valence-electron chi connectivity index (χ0n) is 17.2. The van der Waals surface area contributed by atoms with Crippen LogP contribution >= 0.6 is 0 Å². The summed E-state index contributed by atoms with van der Waals surface area (Å²) < 4.78 is 38.2. The minimum absolute atomic E-state index is 0.0401. The zero-order valence-corrected chi connectivity index (χ0v) is 18.0. The third kappa shape index (κ3) is 4.46. The first-order valence-corrected chi connectivity index (χ1v) is 10.6. The summed E-state index contributed by atoms with van der Waals surface area (Å²) in [6, 6.07) is 12.5. The Kier molecular flexibility index (Phi) is 6.12. The Morgan fingerprint density at radius 2 is 1.80 bits per heavy atom. The highest BCUT2D eigenvalue weighted by Crippen LogP contribution is 2.26. The van der Waals surface area contributed by atoms with E-state index in [2.05, 4.69) is 9.88 Å². The van der Waals surface area contributed by atoms with Crippen molar-refractivity contribution in [1.82, 2.24) is 10.1 Å². The molecule has 3 aromatic rings. The van der Waals surface area contributed by atoms with E-state index in [-0.39, 0.29) is 10.8 Å². The van der Waals surface area contributed by atoms with Gasteiger partial charge in [0, 0.05) is 18.2 Å². The van der Waals surface area contributed by atoms with Gasteiger partial charge in [0.2, 0.25) is 0 Å². The fraction of sp³-hybridized carbons (Fsp3) is 0.238. The Balaban J connectivity index is 1.75. The van der Waals surface area contributed by atoms with Crippen LogP contribution in [0.4, 0.5) is 5.69 Å². The summed E-state index contributed by atoms with van der Waals surface area (Å²) in [6.45, 7) is 3.95. The van der Waals surface area contributed by atoms with Gasteiger partial charge in [0.05, 0.1) is 29.9 Å². The highest BCUT2D eigenvalue weighted by molar-refractivity contribution is 7.92. The summed E-state index contributed by atoms with van der Waals surface area (Å²) in [6.07, 6.45) is 0. The summed E-state index contributed by atoms with van der Waals surface area (Å²) in [5, 5.41) is 3.89. The molecule has 0 atom stereocenters. The molecule has 0 aliphatic heterocycles. The first-order valence-electron chi connectivity index (χ1n) is 9.16. The van der Waals surface area contributed by atoms with Crippen molar-refractivity contribution in [1.29, 1.82) is 0 Å². The van der Waals surface area contributed by atoms with Gasteiger partial charge < -0.3 is 14.2 Å². The molecule has 0 spiro atoms. The molecule has 8 nitrogen and oxygen atoms in total. The number of nitrogens with one attached hydrogen (secondary N) is 1. The topological polar surface area (TPSA) is 102 Å². The normalized spacial score (nSPS) is 11.2. The van der Waals surface area contributed by atoms with E-state index < -0.39 is 10.0 Å². The lowest BCUT2D eigenvalue weighted by Gasteiger charge is -2.17. The molecule has 0 radical (unpaired) electrons. The second kappa shape index (κ2) is 8.58. The molecule has 1 N–H and O–H groups in total. The molecule has 1 heterocycles. The van der Waals surface area contributed by atoms with Crippen molar-refractivity contribution >= 4 is 21.6 Å². The molecule has 1 aromatic heterocycles. The quantitative estimate of drug-likeness (QED) is 0.618. The monoisotopic (exact) mass is 429 g/mol. The number of carbonyl (C=O) groups is 1. The van der Waals surface area contributed by atoms with Crippen LogP contribution in [0, 0.1) is 13.8 Å². The molecule has 0 saturated carbocycles. The van der Waals surface area contributed by atoms with Crippen molar-refractivity contribution in [2.45, 2.75) is 25.3 Å². The number of aryl methyl sites for hydroxylation is 2. The fourth-order valence-corrected chi connectivity index (χ4v) is 4.04. The highest BCUT2D eigenvalue weighted by Gasteiger charge is 2.20. The second-order valence-corrected chi connectivity index (χ2v) is 8.48. The lowest BCUT2D eigenvalue weighted by atomic mass is 10.1. The SMILES string of the molecule is COc1ccccc1NS(=O)(=O)c1ccc(C(=O)N(C)Cc2c(C)noc2C)cc1. The summed E-state index contributed by atoms with van der Waals surface area (Å²) in [7, 11) is -0.703. The van der Waals surface area contributed by atoms with Crippen LogP contribution in [0.25, 0.3) is 0 Å². The Morgan fingerprint density at radius 3 is 2.40 bits per heavy atom. The molecule has 0 aliphatic rings. The van der Waals surface area contributed by atoms with Gasteiger partial charge in [-0.3, -0.25) is 9.52 Å². The number of rotatable bonds is 7. The number of sulfonamides is 1. The van der Waals surface area contributed by atoms with E-state index in [1.54, 1.807) is 38.2 Å². The first-order chi connectivity index (χ1) is 14.2. The number of hydrogen-bond acceptors (Lipinski definition) is 6. The molecule has 1 amide bonds. The molecule has 0 aliphatic carbocycles. The van der Waals surface area contributed by atoms with E-state index in [1.165, 1.54) is 36.3 Å². The van der Waals surface area contributed by atoms with Gasteiger partial charge >= 0.3 is 0 Å². The number of para-hydroxylation sites is 2. The molecule has 158 valence electrons. The van der Waals surface area contributed by atoms with Gasteiger partial charge in [-0.1, -0.05) is 17.3 Å². The van der Waals surface area contributed by atoms with Crippen molar-refractivity contribution in [2.75, 3.05) is 18.9 Å². The largest absolute Gasteiger partial charge is 0.495 e. The van der Waals surface area contributed by atoms with E-state index in [1.807, 2.05) is 6.92 Å². The standard InChI is InChI=1S/C21H23N3O5S/c1-14-18(15(2)29-22-14)13-24(3)21(25)16-9-11-17(12-10-16)30(26,27)23-19-7-5-6-8-20(19)28-4/h5-12,23H,13H2,1-4H3. The predicted octanol–water partition coefficient (Wildman–Crippen LogP) is 3.37. The average molecular weight is 429 g/mol. The maximum Gasteiger partial charge on any atom is 0.262 e. The van der Waals surface area contributed by atoms with Crippen molar-refractivity contribution < 1.29 is 22.5 Å².